The Hall–Kier alpha value is -0.780. The first-order valence-electron chi connectivity index (χ1n) is 5.44. The van der Waals surface area contributed by atoms with Crippen LogP contribution in [0.5, 0.6) is 0 Å². The average molecular weight is 138 g/mol. The van der Waals surface area contributed by atoms with E-state index in [0.717, 1.165) is 0 Å². The Kier molecular flexibility index (Phi) is 1.02. The first-order chi connectivity index (χ1) is 6.37. The third-order valence-corrected chi connectivity index (χ3v) is 1.35. The smallest absolute Gasteiger partial charge is 0.0590 e. The van der Waals surface area contributed by atoms with Crippen LogP contribution in [0.15, 0.2) is 24.2 Å². The van der Waals surface area contributed by atoms with Gasteiger partial charge < -0.3 is 0 Å². The van der Waals surface area contributed by atoms with Gasteiger partial charge >= 0.3 is 0 Å². The summed E-state index contributed by atoms with van der Waals surface area (Å²) < 4.78 is 30.7. The fraction of sp³-hybridized carbons (Fsp3) is 0.400. The third kappa shape index (κ3) is 1.60. The maximum absolute atomic E-state index is 7.71. The standard InChI is InChI=1S/C10H14/c1-8(2)10-6-4-9(3)5-7-10/h4-8H,1-3H3/i4D,5D,6D,7D. The van der Waals surface area contributed by atoms with E-state index in [1.54, 1.807) is 6.92 Å². The molecule has 54 valence electrons. The first kappa shape index (κ1) is 3.56. The van der Waals surface area contributed by atoms with Crippen molar-refractivity contribution in [3.63, 3.8) is 0 Å². The molecule has 0 nitrogen and oxygen atoms in total. The van der Waals surface area contributed by atoms with Crippen molar-refractivity contribution >= 4 is 0 Å². The van der Waals surface area contributed by atoms with Crippen LogP contribution in [0, 0.1) is 6.92 Å². The van der Waals surface area contributed by atoms with Gasteiger partial charge in [-0.3, -0.25) is 0 Å². The molecule has 0 atom stereocenters. The zero-order chi connectivity index (χ0) is 11.0. The minimum Gasteiger partial charge on any atom is -0.0590 e. The first-order valence-corrected chi connectivity index (χ1v) is 3.44. The number of hydrogen-bond donors (Lipinski definition) is 0. The summed E-state index contributed by atoms with van der Waals surface area (Å²) in [6, 6.07) is 0.349. The Bertz CT molecular complexity index is 340. The van der Waals surface area contributed by atoms with Gasteiger partial charge in [0, 0.05) is 0 Å². The summed E-state index contributed by atoms with van der Waals surface area (Å²) in [4.78, 5) is 0. The van der Waals surface area contributed by atoms with Crippen molar-refractivity contribution in [2.24, 2.45) is 0 Å². The molecule has 0 saturated carbocycles. The summed E-state index contributed by atoms with van der Waals surface area (Å²) in [6.45, 7) is 5.37. The van der Waals surface area contributed by atoms with Crippen LogP contribution in [0.3, 0.4) is 0 Å². The van der Waals surface area contributed by atoms with Gasteiger partial charge in [0.15, 0.2) is 0 Å². The summed E-state index contributed by atoms with van der Waals surface area (Å²) in [5.41, 5.74) is 0.926. The highest BCUT2D eigenvalue weighted by Gasteiger charge is 1.95. The van der Waals surface area contributed by atoms with Crippen molar-refractivity contribution in [1.29, 1.82) is 0 Å². The number of benzene rings is 1. The second kappa shape index (κ2) is 2.87. The van der Waals surface area contributed by atoms with Crippen molar-refractivity contribution < 1.29 is 5.48 Å². The highest BCUT2D eigenvalue weighted by atomic mass is 14.0. The molecule has 0 bridgehead atoms. The highest BCUT2D eigenvalue weighted by Crippen LogP contribution is 2.13. The topological polar surface area (TPSA) is 0 Å². The fourth-order valence-electron chi connectivity index (χ4n) is 0.673. The molecule has 0 radical (unpaired) electrons. The Morgan fingerprint density at radius 2 is 1.70 bits per heavy atom. The Morgan fingerprint density at radius 3 is 2.10 bits per heavy atom. The van der Waals surface area contributed by atoms with E-state index in [1.165, 1.54) is 0 Å². The van der Waals surface area contributed by atoms with E-state index in [-0.39, 0.29) is 30.1 Å². The lowest BCUT2D eigenvalue weighted by molar-refractivity contribution is 0.866. The SMILES string of the molecule is [2H]c1c([2H])c(C(C)C)c([2H])c([2H])c1C. The van der Waals surface area contributed by atoms with Crippen molar-refractivity contribution in [3.8, 4) is 0 Å². The zero-order valence-electron chi connectivity index (χ0n) is 10.6. The van der Waals surface area contributed by atoms with Gasteiger partial charge in [-0.05, 0) is 18.4 Å². The van der Waals surface area contributed by atoms with Crippen LogP contribution in [0.25, 0.3) is 0 Å². The lowest BCUT2D eigenvalue weighted by Crippen LogP contribution is -1.85. The van der Waals surface area contributed by atoms with Crippen LogP contribution in [0.4, 0.5) is 0 Å². The second-order valence-corrected chi connectivity index (χ2v) is 2.69. The molecule has 0 N–H and O–H groups in total. The third-order valence-electron chi connectivity index (χ3n) is 1.35. The number of rotatable bonds is 1. The van der Waals surface area contributed by atoms with Crippen molar-refractivity contribution in [2.45, 2.75) is 26.7 Å². The Labute approximate surface area is 68.5 Å². The molecule has 0 aliphatic carbocycles. The van der Waals surface area contributed by atoms with Crippen LogP contribution in [-0.2, 0) is 0 Å². The molecule has 0 saturated heterocycles. The van der Waals surface area contributed by atoms with Gasteiger partial charge in [-0.2, -0.15) is 0 Å². The molecule has 0 aliphatic rings. The summed E-state index contributed by atoms with van der Waals surface area (Å²) in [7, 11) is 0. The summed E-state index contributed by atoms with van der Waals surface area (Å²) in [6.07, 6.45) is 0. The van der Waals surface area contributed by atoms with E-state index in [9.17, 15) is 0 Å². The molecule has 1 rings (SSSR count). The molecule has 1 aromatic carbocycles. The van der Waals surface area contributed by atoms with Gasteiger partial charge in [0.25, 0.3) is 0 Å². The van der Waals surface area contributed by atoms with Gasteiger partial charge in [0.05, 0.1) is 5.48 Å². The predicted molar refractivity (Wildman–Crippen MR) is 45.3 cm³/mol. The van der Waals surface area contributed by atoms with E-state index in [4.69, 9.17) is 5.48 Å². The molecule has 1 aromatic rings. The molecule has 0 heterocycles. The van der Waals surface area contributed by atoms with Crippen LogP contribution < -0.4 is 0 Å². The molecule has 0 aromatic heterocycles. The molecule has 0 heteroatoms. The van der Waals surface area contributed by atoms with E-state index in [1.807, 2.05) is 13.8 Å². The summed E-state index contributed by atoms with van der Waals surface area (Å²) >= 11 is 0. The average Bonchev–Trinajstić information content (AvgIpc) is 2.11. The van der Waals surface area contributed by atoms with Crippen molar-refractivity contribution in [3.05, 3.63) is 35.3 Å². The monoisotopic (exact) mass is 138 g/mol. The van der Waals surface area contributed by atoms with Crippen LogP contribution in [0.1, 0.15) is 36.4 Å². The van der Waals surface area contributed by atoms with Crippen LogP contribution in [-0.4, -0.2) is 0 Å². The van der Waals surface area contributed by atoms with E-state index in [0.29, 0.717) is 11.1 Å². The lowest BCUT2D eigenvalue weighted by atomic mass is 10.0. The molecule has 0 spiro atoms. The largest absolute Gasteiger partial charge is 0.0626 e. The lowest BCUT2D eigenvalue weighted by Gasteiger charge is -2.03. The minimum absolute atomic E-state index is 0.0174. The summed E-state index contributed by atoms with van der Waals surface area (Å²) in [5.74, 6) is 0.0174. The molecule has 10 heavy (non-hydrogen) atoms. The van der Waals surface area contributed by atoms with Gasteiger partial charge in [-0.1, -0.05) is 43.6 Å². The molecule has 0 aliphatic heterocycles. The van der Waals surface area contributed by atoms with E-state index >= 15 is 0 Å². The zero-order valence-corrected chi connectivity index (χ0v) is 6.58. The molecular weight excluding hydrogens is 120 g/mol. The van der Waals surface area contributed by atoms with Crippen LogP contribution in [0.2, 0.25) is 0 Å². The maximum Gasteiger partial charge on any atom is 0.0626 e. The Balaban J connectivity index is 3.60. The van der Waals surface area contributed by atoms with Crippen molar-refractivity contribution in [1.82, 2.24) is 0 Å². The normalized spacial score (nSPS) is 16.0. The van der Waals surface area contributed by atoms with Gasteiger partial charge in [-0.25, -0.2) is 0 Å². The van der Waals surface area contributed by atoms with E-state index < -0.39 is 0 Å². The van der Waals surface area contributed by atoms with Gasteiger partial charge in [0.1, 0.15) is 0 Å². The molecule has 0 amide bonds. The molecule has 0 fully saturated rings. The van der Waals surface area contributed by atoms with Crippen molar-refractivity contribution in [2.75, 3.05) is 0 Å². The quantitative estimate of drug-likeness (QED) is 0.559. The fourth-order valence-corrected chi connectivity index (χ4v) is 0.673. The highest BCUT2D eigenvalue weighted by molar-refractivity contribution is 5.23. The summed E-state index contributed by atoms with van der Waals surface area (Å²) in [5, 5.41) is 0. The molecular formula is C10H14. The Morgan fingerprint density at radius 1 is 1.20 bits per heavy atom. The molecule has 0 unspecified atom stereocenters. The van der Waals surface area contributed by atoms with Gasteiger partial charge in [-0.15, -0.1) is 0 Å². The minimum atomic E-state index is 0.0174. The van der Waals surface area contributed by atoms with Gasteiger partial charge in [0.2, 0.25) is 0 Å². The van der Waals surface area contributed by atoms with E-state index in [2.05, 4.69) is 0 Å². The predicted octanol–water partition coefficient (Wildman–Crippen LogP) is 3.12. The number of hydrogen-bond acceptors (Lipinski definition) is 0. The second-order valence-electron chi connectivity index (χ2n) is 2.69. The maximum atomic E-state index is 7.71. The van der Waals surface area contributed by atoms with Crippen LogP contribution >= 0.6 is 0 Å².